The minimum Gasteiger partial charge on any atom is -0.361 e. The third-order valence-electron chi connectivity index (χ3n) is 7.30. The van der Waals surface area contributed by atoms with Crippen molar-refractivity contribution in [3.8, 4) is 0 Å². The molecule has 0 aliphatic heterocycles. The Morgan fingerprint density at radius 2 is 1.86 bits per heavy atom. The summed E-state index contributed by atoms with van der Waals surface area (Å²) >= 11 is 0. The molecule has 4 aromatic rings. The molecule has 2 aliphatic rings. The van der Waals surface area contributed by atoms with E-state index < -0.39 is 13.6 Å². The molecular formula is C26H37N9OSi. The van der Waals surface area contributed by atoms with E-state index in [1.807, 2.05) is 6.20 Å². The van der Waals surface area contributed by atoms with Gasteiger partial charge >= 0.3 is 0 Å². The monoisotopic (exact) mass is 519 g/mol. The second kappa shape index (κ2) is 9.05. The zero-order valence-corrected chi connectivity index (χ0v) is 23.5. The van der Waals surface area contributed by atoms with E-state index in [2.05, 4.69) is 70.5 Å². The summed E-state index contributed by atoms with van der Waals surface area (Å²) in [5.41, 5.74) is 2.68. The number of aromatic nitrogens is 8. The molecule has 0 amide bonds. The van der Waals surface area contributed by atoms with Crippen molar-refractivity contribution in [2.24, 2.45) is 0 Å². The van der Waals surface area contributed by atoms with Crippen molar-refractivity contribution in [2.45, 2.75) is 89.4 Å². The van der Waals surface area contributed by atoms with Gasteiger partial charge in [-0.1, -0.05) is 19.6 Å². The molecule has 2 aliphatic carbocycles. The van der Waals surface area contributed by atoms with Gasteiger partial charge in [-0.05, 0) is 57.1 Å². The van der Waals surface area contributed by atoms with E-state index in [1.165, 1.54) is 18.4 Å². The summed E-state index contributed by atoms with van der Waals surface area (Å²) in [4.78, 5) is 11.4. The molecule has 0 radical (unpaired) electrons. The van der Waals surface area contributed by atoms with Gasteiger partial charge in [0, 0.05) is 38.5 Å². The van der Waals surface area contributed by atoms with Crippen LogP contribution in [0.25, 0.3) is 11.0 Å². The van der Waals surface area contributed by atoms with Crippen LogP contribution in [0.1, 0.15) is 62.7 Å². The predicted molar refractivity (Wildman–Crippen MR) is 146 cm³/mol. The van der Waals surface area contributed by atoms with Crippen molar-refractivity contribution < 1.29 is 4.74 Å². The van der Waals surface area contributed by atoms with Crippen molar-refractivity contribution in [2.75, 3.05) is 11.9 Å². The van der Waals surface area contributed by atoms with Gasteiger partial charge in [0.25, 0.3) is 0 Å². The highest BCUT2D eigenvalue weighted by Crippen LogP contribution is 2.44. The van der Waals surface area contributed by atoms with Gasteiger partial charge in [0.05, 0.1) is 24.1 Å². The van der Waals surface area contributed by atoms with Gasteiger partial charge in [-0.2, -0.15) is 25.1 Å². The maximum Gasteiger partial charge on any atom is 0.230 e. The van der Waals surface area contributed by atoms with Crippen LogP contribution in [-0.4, -0.2) is 54.0 Å². The number of rotatable bonds is 11. The van der Waals surface area contributed by atoms with Crippen LogP contribution in [-0.2, 0) is 17.0 Å². The quantitative estimate of drug-likeness (QED) is 0.213. The smallest absolute Gasteiger partial charge is 0.230 e. The van der Waals surface area contributed by atoms with E-state index in [1.54, 1.807) is 17.2 Å². The maximum atomic E-state index is 6.10. The van der Waals surface area contributed by atoms with Gasteiger partial charge in [-0.25, -0.2) is 9.67 Å². The Morgan fingerprint density at radius 3 is 2.54 bits per heavy atom. The van der Waals surface area contributed by atoms with Gasteiger partial charge in [-0.3, -0.25) is 0 Å². The van der Waals surface area contributed by atoms with Crippen molar-refractivity contribution in [1.29, 1.82) is 0 Å². The highest BCUT2D eigenvalue weighted by Gasteiger charge is 2.34. The molecule has 2 saturated carbocycles. The molecule has 0 aromatic carbocycles. The van der Waals surface area contributed by atoms with Gasteiger partial charge in [0.1, 0.15) is 23.7 Å². The largest absolute Gasteiger partial charge is 0.361 e. The lowest BCUT2D eigenvalue weighted by Crippen LogP contribution is -2.30. The molecule has 0 bridgehead atoms. The zero-order valence-electron chi connectivity index (χ0n) is 22.5. The standard InChI is InChI=1S/C26H37N9OSi/c1-26(2,35-28-10-11-29-35)22-14-23(34(32-22)19-8-9-19)30-25-27-15-20-21(18-6-7-18)16-33(24(20)31-25)17-36-12-13-37(3,4)5/h10-11,14-16,18-19H,6-9,12-13,17H2,1-5H3,(H,27,30,31). The normalized spacial score (nSPS) is 16.6. The molecule has 196 valence electrons. The molecule has 37 heavy (non-hydrogen) atoms. The first-order chi connectivity index (χ1) is 17.7. The van der Waals surface area contributed by atoms with E-state index in [-0.39, 0.29) is 0 Å². The molecule has 6 rings (SSSR count). The first-order valence-corrected chi connectivity index (χ1v) is 17.1. The lowest BCUT2D eigenvalue weighted by atomic mass is 10.0. The zero-order chi connectivity index (χ0) is 25.8. The van der Waals surface area contributed by atoms with E-state index >= 15 is 0 Å². The average Bonchev–Trinajstić information content (AvgIpc) is 3.74. The molecule has 0 saturated heterocycles. The van der Waals surface area contributed by atoms with E-state index in [0.29, 0.717) is 24.6 Å². The van der Waals surface area contributed by atoms with Crippen LogP contribution in [0.15, 0.2) is 30.9 Å². The minimum absolute atomic E-state index is 0.395. The number of nitrogens with zero attached hydrogens (tertiary/aromatic N) is 8. The van der Waals surface area contributed by atoms with Gasteiger partial charge in [0.2, 0.25) is 5.95 Å². The summed E-state index contributed by atoms with van der Waals surface area (Å²) in [5.74, 6) is 2.08. The highest BCUT2D eigenvalue weighted by atomic mass is 28.3. The first kappa shape index (κ1) is 24.3. The molecule has 2 fully saturated rings. The number of nitrogens with one attached hydrogen (secondary N) is 1. The molecule has 4 heterocycles. The average molecular weight is 520 g/mol. The van der Waals surface area contributed by atoms with Crippen LogP contribution < -0.4 is 5.32 Å². The summed E-state index contributed by atoms with van der Waals surface area (Å²) in [6.45, 7) is 12.6. The topological polar surface area (TPSA) is 100 Å². The van der Waals surface area contributed by atoms with Crippen LogP contribution in [0.5, 0.6) is 0 Å². The number of ether oxygens (including phenoxy) is 1. The molecule has 0 unspecified atom stereocenters. The Kier molecular flexibility index (Phi) is 5.94. The number of hydrogen-bond donors (Lipinski definition) is 1. The van der Waals surface area contributed by atoms with Crippen LogP contribution in [0.3, 0.4) is 0 Å². The lowest BCUT2D eigenvalue weighted by Gasteiger charge is -2.20. The Hall–Kier alpha value is -3.05. The van der Waals surface area contributed by atoms with Gasteiger partial charge in [0.15, 0.2) is 0 Å². The summed E-state index contributed by atoms with van der Waals surface area (Å²) < 4.78 is 10.3. The SMILES string of the molecule is CC(C)(c1cc(Nc2ncc3c(C4CC4)cn(COCC[Si](C)(C)C)c3n2)n(C2CC2)n1)n1nccn1. The fourth-order valence-corrected chi connectivity index (χ4v) is 5.38. The highest BCUT2D eigenvalue weighted by molar-refractivity contribution is 6.76. The fraction of sp³-hybridized carbons (Fsp3) is 0.577. The Morgan fingerprint density at radius 1 is 1.11 bits per heavy atom. The van der Waals surface area contributed by atoms with Crippen LogP contribution in [0, 0.1) is 0 Å². The maximum absolute atomic E-state index is 6.10. The molecule has 0 atom stereocenters. The number of fused-ring (bicyclic) bond motifs is 1. The van der Waals surface area contributed by atoms with Crippen LogP contribution in [0.2, 0.25) is 25.7 Å². The fourth-order valence-electron chi connectivity index (χ4n) is 4.62. The van der Waals surface area contributed by atoms with Gasteiger partial charge < -0.3 is 14.6 Å². The third-order valence-corrected chi connectivity index (χ3v) is 9.01. The molecule has 10 nitrogen and oxygen atoms in total. The molecule has 0 spiro atoms. The van der Waals surface area contributed by atoms with E-state index in [0.717, 1.165) is 48.0 Å². The van der Waals surface area contributed by atoms with Crippen molar-refractivity contribution in [1.82, 2.24) is 39.3 Å². The second-order valence-corrected chi connectivity index (χ2v) is 17.8. The Labute approximate surface area is 218 Å². The number of hydrogen-bond acceptors (Lipinski definition) is 7. The van der Waals surface area contributed by atoms with E-state index in [9.17, 15) is 0 Å². The molecule has 4 aromatic heterocycles. The van der Waals surface area contributed by atoms with Crippen molar-refractivity contribution in [3.05, 3.63) is 42.1 Å². The molecule has 11 heteroatoms. The summed E-state index contributed by atoms with van der Waals surface area (Å²) in [6, 6.07) is 3.62. The minimum atomic E-state index is -1.13. The first-order valence-electron chi connectivity index (χ1n) is 13.4. The third kappa shape index (κ3) is 5.06. The summed E-state index contributed by atoms with van der Waals surface area (Å²) in [7, 11) is -1.13. The number of anilines is 2. The second-order valence-electron chi connectivity index (χ2n) is 12.2. The predicted octanol–water partition coefficient (Wildman–Crippen LogP) is 5.27. The van der Waals surface area contributed by atoms with Crippen LogP contribution >= 0.6 is 0 Å². The lowest BCUT2D eigenvalue weighted by molar-refractivity contribution is 0.0898. The van der Waals surface area contributed by atoms with Gasteiger partial charge in [-0.15, -0.1) is 0 Å². The Bertz CT molecular complexity index is 1390. The molecular weight excluding hydrogens is 482 g/mol. The van der Waals surface area contributed by atoms with Crippen molar-refractivity contribution >= 4 is 30.9 Å². The molecule has 1 N–H and O–H groups in total. The van der Waals surface area contributed by atoms with Crippen molar-refractivity contribution in [3.63, 3.8) is 0 Å². The van der Waals surface area contributed by atoms with E-state index in [4.69, 9.17) is 19.8 Å². The summed E-state index contributed by atoms with van der Waals surface area (Å²) in [6.07, 6.45) is 12.3. The van der Waals surface area contributed by atoms with Crippen LogP contribution in [0.4, 0.5) is 11.8 Å². The summed E-state index contributed by atoms with van der Waals surface area (Å²) in [5, 5.41) is 18.3. The Balaban J connectivity index is 1.28.